The fourth-order valence-corrected chi connectivity index (χ4v) is 2.92. The number of aromatic carboxylic acids is 1. The molecule has 0 saturated heterocycles. The Morgan fingerprint density at radius 1 is 1.30 bits per heavy atom. The van der Waals surface area contributed by atoms with E-state index in [9.17, 15) is 13.8 Å². The highest BCUT2D eigenvalue weighted by molar-refractivity contribution is 7.84. The normalized spacial score (nSPS) is 13.3. The lowest BCUT2D eigenvalue weighted by Crippen LogP contribution is -2.31. The highest BCUT2D eigenvalue weighted by Crippen LogP contribution is 2.18. The molecule has 2 aromatic rings. The molecule has 23 heavy (non-hydrogen) atoms. The van der Waals surface area contributed by atoms with Gasteiger partial charge in [-0.15, -0.1) is 0 Å². The van der Waals surface area contributed by atoms with Gasteiger partial charge < -0.3 is 14.8 Å². The Labute approximate surface area is 136 Å². The van der Waals surface area contributed by atoms with Gasteiger partial charge in [-0.05, 0) is 18.6 Å². The second-order valence-corrected chi connectivity index (χ2v) is 6.58. The average Bonchev–Trinajstić information content (AvgIpc) is 2.89. The molecule has 0 saturated carbocycles. The fourth-order valence-electron chi connectivity index (χ4n) is 2.18. The standard InChI is InChI=1S/C16H17NO5S/c1-10-8-13(22-14(10)16(19)20)15(18)17-12(9-23(2)21)11-6-4-3-5-7-11/h3-8,12H,9H2,1-2H3,(H,17,18)(H,19,20). The molecule has 2 unspecified atom stereocenters. The zero-order valence-corrected chi connectivity index (χ0v) is 13.6. The van der Waals surface area contributed by atoms with Crippen LogP contribution in [0, 0.1) is 6.92 Å². The Morgan fingerprint density at radius 2 is 1.96 bits per heavy atom. The minimum absolute atomic E-state index is 0.0808. The van der Waals surface area contributed by atoms with Crippen LogP contribution in [-0.2, 0) is 10.8 Å². The van der Waals surface area contributed by atoms with Gasteiger partial charge >= 0.3 is 5.97 Å². The van der Waals surface area contributed by atoms with Crippen molar-refractivity contribution < 1.29 is 23.3 Å². The van der Waals surface area contributed by atoms with Gasteiger partial charge in [0.15, 0.2) is 5.76 Å². The predicted octanol–water partition coefficient (Wildman–Crippen LogP) is 2.14. The molecule has 0 aliphatic rings. The number of nitrogens with one attached hydrogen (secondary N) is 1. The summed E-state index contributed by atoms with van der Waals surface area (Å²) < 4.78 is 16.6. The summed E-state index contributed by atoms with van der Waals surface area (Å²) in [7, 11) is -1.11. The van der Waals surface area contributed by atoms with Crippen molar-refractivity contribution >= 4 is 22.7 Å². The molecule has 1 amide bonds. The van der Waals surface area contributed by atoms with Gasteiger partial charge in [-0.25, -0.2) is 4.79 Å². The molecule has 7 heteroatoms. The Bertz CT molecular complexity index is 738. The van der Waals surface area contributed by atoms with Crippen molar-refractivity contribution in [1.29, 1.82) is 0 Å². The van der Waals surface area contributed by atoms with Crippen molar-refractivity contribution in [2.75, 3.05) is 12.0 Å². The summed E-state index contributed by atoms with van der Waals surface area (Å²) in [6.45, 7) is 1.56. The van der Waals surface area contributed by atoms with Crippen LogP contribution < -0.4 is 5.32 Å². The molecule has 0 radical (unpaired) electrons. The molecule has 0 spiro atoms. The van der Waals surface area contributed by atoms with Crippen LogP contribution in [0.3, 0.4) is 0 Å². The summed E-state index contributed by atoms with van der Waals surface area (Å²) in [5, 5.41) is 11.7. The van der Waals surface area contributed by atoms with Crippen molar-refractivity contribution in [3.63, 3.8) is 0 Å². The van der Waals surface area contributed by atoms with Gasteiger partial charge in [0, 0.05) is 28.4 Å². The van der Waals surface area contributed by atoms with Crippen LogP contribution in [0.4, 0.5) is 0 Å². The monoisotopic (exact) mass is 335 g/mol. The first-order chi connectivity index (χ1) is 10.9. The van der Waals surface area contributed by atoms with E-state index in [0.29, 0.717) is 5.56 Å². The van der Waals surface area contributed by atoms with E-state index in [1.807, 2.05) is 30.3 Å². The summed E-state index contributed by atoms with van der Waals surface area (Å²) in [4.78, 5) is 23.3. The molecule has 0 aliphatic carbocycles. The number of carbonyl (C=O) groups is 2. The van der Waals surface area contributed by atoms with Gasteiger partial charge in [0.05, 0.1) is 6.04 Å². The number of carboxylic acid groups (broad SMARTS) is 1. The van der Waals surface area contributed by atoms with Crippen LogP contribution in [-0.4, -0.2) is 33.2 Å². The molecule has 1 aromatic heterocycles. The summed E-state index contributed by atoms with van der Waals surface area (Å²) >= 11 is 0. The highest BCUT2D eigenvalue weighted by atomic mass is 32.2. The maximum atomic E-state index is 12.3. The Morgan fingerprint density at radius 3 is 2.48 bits per heavy atom. The molecular weight excluding hydrogens is 318 g/mol. The van der Waals surface area contributed by atoms with E-state index in [-0.39, 0.29) is 17.3 Å². The minimum Gasteiger partial charge on any atom is -0.475 e. The molecular formula is C16H17NO5S. The molecule has 0 fully saturated rings. The predicted molar refractivity (Wildman–Crippen MR) is 86.0 cm³/mol. The lowest BCUT2D eigenvalue weighted by molar-refractivity contribution is 0.0658. The van der Waals surface area contributed by atoms with E-state index >= 15 is 0 Å². The number of carboxylic acids is 1. The number of hydrogen-bond acceptors (Lipinski definition) is 4. The molecule has 2 rings (SSSR count). The van der Waals surface area contributed by atoms with Gasteiger partial charge in [0.1, 0.15) is 0 Å². The second kappa shape index (κ2) is 7.23. The minimum atomic E-state index is -1.23. The SMILES string of the molecule is Cc1cc(C(=O)NC(CS(C)=O)c2ccccc2)oc1C(=O)O. The average molecular weight is 335 g/mol. The van der Waals surface area contributed by atoms with Gasteiger partial charge in [-0.1, -0.05) is 30.3 Å². The van der Waals surface area contributed by atoms with Crippen molar-refractivity contribution in [2.45, 2.75) is 13.0 Å². The number of rotatable bonds is 6. The first-order valence-corrected chi connectivity index (χ1v) is 8.60. The maximum Gasteiger partial charge on any atom is 0.372 e. The van der Waals surface area contributed by atoms with Crippen LogP contribution in [0.2, 0.25) is 0 Å². The first kappa shape index (κ1) is 17.0. The van der Waals surface area contributed by atoms with Crippen molar-refractivity contribution in [3.8, 4) is 0 Å². The van der Waals surface area contributed by atoms with Gasteiger partial charge in [0.2, 0.25) is 5.76 Å². The van der Waals surface area contributed by atoms with Gasteiger partial charge in [-0.3, -0.25) is 9.00 Å². The Hall–Kier alpha value is -2.41. The molecule has 1 heterocycles. The highest BCUT2D eigenvalue weighted by Gasteiger charge is 2.22. The van der Waals surface area contributed by atoms with E-state index in [1.54, 1.807) is 13.2 Å². The third kappa shape index (κ3) is 4.29. The first-order valence-electron chi connectivity index (χ1n) is 6.88. The van der Waals surface area contributed by atoms with E-state index < -0.39 is 28.7 Å². The van der Waals surface area contributed by atoms with E-state index in [0.717, 1.165) is 5.56 Å². The van der Waals surface area contributed by atoms with Crippen LogP contribution in [0.5, 0.6) is 0 Å². The fraction of sp³-hybridized carbons (Fsp3) is 0.250. The van der Waals surface area contributed by atoms with Gasteiger partial charge in [-0.2, -0.15) is 0 Å². The zero-order valence-electron chi connectivity index (χ0n) is 12.7. The van der Waals surface area contributed by atoms with Crippen LogP contribution >= 0.6 is 0 Å². The number of hydrogen-bond donors (Lipinski definition) is 2. The number of benzene rings is 1. The lowest BCUT2D eigenvalue weighted by atomic mass is 10.1. The van der Waals surface area contributed by atoms with Crippen LogP contribution in [0.1, 0.15) is 38.3 Å². The molecule has 6 nitrogen and oxygen atoms in total. The second-order valence-electron chi connectivity index (χ2n) is 5.10. The quantitative estimate of drug-likeness (QED) is 0.843. The molecule has 0 bridgehead atoms. The number of furan rings is 1. The summed E-state index contributed by atoms with van der Waals surface area (Å²) in [5.74, 6) is -1.86. The summed E-state index contributed by atoms with van der Waals surface area (Å²) in [5.41, 5.74) is 1.19. The topological polar surface area (TPSA) is 96.6 Å². The van der Waals surface area contributed by atoms with E-state index in [1.165, 1.54) is 6.07 Å². The van der Waals surface area contributed by atoms with E-state index in [4.69, 9.17) is 9.52 Å². The van der Waals surface area contributed by atoms with Crippen LogP contribution in [0.25, 0.3) is 0 Å². The number of carbonyl (C=O) groups excluding carboxylic acids is 1. The smallest absolute Gasteiger partial charge is 0.372 e. The largest absolute Gasteiger partial charge is 0.475 e. The summed E-state index contributed by atoms with van der Waals surface area (Å²) in [6, 6.07) is 10.1. The zero-order chi connectivity index (χ0) is 17.0. The molecule has 122 valence electrons. The third-order valence-corrected chi connectivity index (χ3v) is 4.05. The Kier molecular flexibility index (Phi) is 5.33. The number of aryl methyl sites for hydroxylation is 1. The van der Waals surface area contributed by atoms with Gasteiger partial charge in [0.25, 0.3) is 5.91 Å². The third-order valence-electron chi connectivity index (χ3n) is 3.24. The molecule has 1 aromatic carbocycles. The molecule has 2 atom stereocenters. The number of amides is 1. The maximum absolute atomic E-state index is 12.3. The Balaban J connectivity index is 2.22. The van der Waals surface area contributed by atoms with Crippen LogP contribution in [0.15, 0.2) is 40.8 Å². The lowest BCUT2D eigenvalue weighted by Gasteiger charge is -2.17. The van der Waals surface area contributed by atoms with Crippen molar-refractivity contribution in [2.24, 2.45) is 0 Å². The van der Waals surface area contributed by atoms with Crippen molar-refractivity contribution in [1.82, 2.24) is 5.32 Å². The summed E-state index contributed by atoms with van der Waals surface area (Å²) in [6.07, 6.45) is 1.56. The molecule has 0 aliphatic heterocycles. The molecule has 2 N–H and O–H groups in total. The van der Waals surface area contributed by atoms with Crippen molar-refractivity contribution in [3.05, 3.63) is 59.0 Å². The van der Waals surface area contributed by atoms with E-state index in [2.05, 4.69) is 5.32 Å².